The Bertz CT molecular complexity index is 1110. The number of thioether (sulfide) groups is 1. The third kappa shape index (κ3) is 5.44. The van der Waals surface area contributed by atoms with Gasteiger partial charge in [0, 0.05) is 53.6 Å². The maximum atomic E-state index is 12.6. The van der Waals surface area contributed by atoms with E-state index < -0.39 is 0 Å². The first kappa shape index (κ1) is 22.6. The average Bonchev–Trinajstić information content (AvgIpc) is 2.82. The number of hydrogen-bond acceptors (Lipinski definition) is 4. The second-order valence-electron chi connectivity index (χ2n) is 7.95. The van der Waals surface area contributed by atoms with Crippen LogP contribution in [0.25, 0.3) is 10.8 Å². The molecule has 1 saturated heterocycles. The van der Waals surface area contributed by atoms with Crippen molar-refractivity contribution in [2.75, 3.05) is 39.0 Å². The lowest BCUT2D eigenvalue weighted by Crippen LogP contribution is -2.47. The number of carbonyl (C=O) groups excluding carboxylic acids is 2. The number of fused-ring (bicyclic) bond motifs is 1. The molecule has 0 aromatic heterocycles. The van der Waals surface area contributed by atoms with Crippen molar-refractivity contribution < 1.29 is 9.59 Å². The van der Waals surface area contributed by atoms with Crippen molar-refractivity contribution >= 4 is 45.9 Å². The van der Waals surface area contributed by atoms with Gasteiger partial charge in [-0.25, -0.2) is 0 Å². The Labute approximate surface area is 197 Å². The highest BCUT2D eigenvalue weighted by Gasteiger charge is 2.20. The molecule has 166 valence electrons. The molecule has 0 radical (unpaired) electrons. The maximum Gasteiger partial charge on any atom is 0.253 e. The molecule has 32 heavy (non-hydrogen) atoms. The molecule has 1 aliphatic heterocycles. The molecular formula is C25H26ClN3O2S. The maximum absolute atomic E-state index is 12.6. The van der Waals surface area contributed by atoms with E-state index in [9.17, 15) is 9.59 Å². The van der Waals surface area contributed by atoms with E-state index in [0.29, 0.717) is 22.9 Å². The Kier molecular flexibility index (Phi) is 7.35. The van der Waals surface area contributed by atoms with Gasteiger partial charge in [0.1, 0.15) is 0 Å². The van der Waals surface area contributed by atoms with Crippen LogP contribution in [0.1, 0.15) is 15.9 Å². The van der Waals surface area contributed by atoms with Gasteiger partial charge in [-0.2, -0.15) is 0 Å². The number of rotatable bonds is 6. The zero-order valence-corrected chi connectivity index (χ0v) is 19.6. The fraction of sp³-hybridized carbons (Fsp3) is 0.280. The fourth-order valence-corrected chi connectivity index (χ4v) is 5.01. The number of amides is 2. The summed E-state index contributed by atoms with van der Waals surface area (Å²) in [4.78, 5) is 30.2. The third-order valence-corrected chi connectivity index (χ3v) is 7.03. The highest BCUT2D eigenvalue weighted by molar-refractivity contribution is 8.00. The first-order valence-corrected chi connectivity index (χ1v) is 12.0. The van der Waals surface area contributed by atoms with Gasteiger partial charge in [0.05, 0.1) is 5.75 Å². The average molecular weight is 468 g/mol. The monoisotopic (exact) mass is 467 g/mol. The standard InChI is InChI=1S/C25H26ClN3O2S/c1-28-12-14-29(15-13-28)25(31)20-10-8-18(9-11-20)16-27-23(30)17-32-22-7-3-5-19-4-2-6-21(26)24(19)22/h2-11H,12-17H2,1H3,(H,27,30). The van der Waals surface area contributed by atoms with Crippen molar-refractivity contribution in [3.63, 3.8) is 0 Å². The number of benzene rings is 3. The van der Waals surface area contributed by atoms with E-state index in [4.69, 9.17) is 11.6 Å². The van der Waals surface area contributed by atoms with Crippen LogP contribution in [-0.4, -0.2) is 60.6 Å². The molecule has 5 nitrogen and oxygen atoms in total. The first-order valence-electron chi connectivity index (χ1n) is 10.6. The molecule has 1 aliphatic rings. The SMILES string of the molecule is CN1CCN(C(=O)c2ccc(CNC(=O)CSc3cccc4cccc(Cl)c34)cc2)CC1. The van der Waals surface area contributed by atoms with E-state index >= 15 is 0 Å². The van der Waals surface area contributed by atoms with E-state index in [1.165, 1.54) is 11.8 Å². The summed E-state index contributed by atoms with van der Waals surface area (Å²) in [5.41, 5.74) is 1.65. The summed E-state index contributed by atoms with van der Waals surface area (Å²) in [6, 6.07) is 19.3. The van der Waals surface area contributed by atoms with E-state index in [1.54, 1.807) is 0 Å². The van der Waals surface area contributed by atoms with E-state index in [1.807, 2.05) is 65.6 Å². The Balaban J connectivity index is 1.29. The molecule has 3 aromatic carbocycles. The molecule has 1 N–H and O–H groups in total. The van der Waals surface area contributed by atoms with Crippen molar-refractivity contribution in [3.8, 4) is 0 Å². The summed E-state index contributed by atoms with van der Waals surface area (Å²) in [5, 5.41) is 5.69. The third-order valence-electron chi connectivity index (χ3n) is 5.66. The molecule has 0 bridgehead atoms. The van der Waals surface area contributed by atoms with Crippen molar-refractivity contribution in [1.82, 2.24) is 15.1 Å². The molecule has 0 spiro atoms. The normalized spacial score (nSPS) is 14.5. The predicted octanol–water partition coefficient (Wildman–Crippen LogP) is 4.29. The van der Waals surface area contributed by atoms with Crippen molar-refractivity contribution in [3.05, 3.63) is 76.8 Å². The fourth-order valence-electron chi connectivity index (χ4n) is 3.73. The summed E-state index contributed by atoms with van der Waals surface area (Å²) >= 11 is 7.85. The highest BCUT2D eigenvalue weighted by atomic mass is 35.5. The summed E-state index contributed by atoms with van der Waals surface area (Å²) < 4.78 is 0. The second-order valence-corrected chi connectivity index (χ2v) is 9.38. The summed E-state index contributed by atoms with van der Waals surface area (Å²) in [6.07, 6.45) is 0. The van der Waals surface area contributed by atoms with Gasteiger partial charge >= 0.3 is 0 Å². The zero-order valence-electron chi connectivity index (χ0n) is 18.0. The highest BCUT2D eigenvalue weighted by Crippen LogP contribution is 2.33. The van der Waals surface area contributed by atoms with Crippen molar-refractivity contribution in [2.24, 2.45) is 0 Å². The molecule has 0 saturated carbocycles. The van der Waals surface area contributed by atoms with Gasteiger partial charge in [-0.15, -0.1) is 11.8 Å². The van der Waals surface area contributed by atoms with Gasteiger partial charge in [0.15, 0.2) is 0 Å². The van der Waals surface area contributed by atoms with Crippen LogP contribution < -0.4 is 5.32 Å². The Morgan fingerprint density at radius 1 is 0.969 bits per heavy atom. The van der Waals surface area contributed by atoms with Crippen LogP contribution in [0.5, 0.6) is 0 Å². The number of hydrogen-bond donors (Lipinski definition) is 1. The predicted molar refractivity (Wildman–Crippen MR) is 131 cm³/mol. The minimum atomic E-state index is -0.0448. The number of halogens is 1. The van der Waals surface area contributed by atoms with Crippen LogP contribution in [-0.2, 0) is 11.3 Å². The smallest absolute Gasteiger partial charge is 0.253 e. The molecule has 0 aliphatic carbocycles. The Hall–Kier alpha value is -2.54. The number of carbonyl (C=O) groups is 2. The van der Waals surface area contributed by atoms with Crippen LogP contribution in [0.3, 0.4) is 0 Å². The lowest BCUT2D eigenvalue weighted by atomic mass is 10.1. The summed E-state index contributed by atoms with van der Waals surface area (Å²) in [7, 11) is 2.07. The minimum Gasteiger partial charge on any atom is -0.351 e. The topological polar surface area (TPSA) is 52.6 Å². The van der Waals surface area contributed by atoms with Crippen LogP contribution in [0.15, 0.2) is 65.6 Å². The number of nitrogens with zero attached hydrogens (tertiary/aromatic N) is 2. The van der Waals surface area contributed by atoms with E-state index in [2.05, 4.69) is 17.3 Å². The summed E-state index contributed by atoms with van der Waals surface area (Å²) in [5.74, 6) is 0.333. The Morgan fingerprint density at radius 2 is 1.66 bits per heavy atom. The molecule has 1 heterocycles. The van der Waals surface area contributed by atoms with Crippen LogP contribution in [0.4, 0.5) is 0 Å². The molecule has 4 rings (SSSR count). The first-order chi connectivity index (χ1) is 15.5. The summed E-state index contributed by atoms with van der Waals surface area (Å²) in [6.45, 7) is 3.75. The lowest BCUT2D eigenvalue weighted by molar-refractivity contribution is -0.118. The van der Waals surface area contributed by atoms with Gasteiger partial charge in [-0.3, -0.25) is 9.59 Å². The molecule has 0 unspecified atom stereocenters. The lowest BCUT2D eigenvalue weighted by Gasteiger charge is -2.32. The van der Waals surface area contributed by atoms with Gasteiger partial charge in [-0.1, -0.05) is 48.0 Å². The van der Waals surface area contributed by atoms with Gasteiger partial charge in [0.25, 0.3) is 5.91 Å². The molecule has 0 atom stereocenters. The zero-order chi connectivity index (χ0) is 22.5. The van der Waals surface area contributed by atoms with Gasteiger partial charge in [-0.05, 0) is 42.3 Å². The van der Waals surface area contributed by atoms with Gasteiger partial charge in [0.2, 0.25) is 5.91 Å². The minimum absolute atomic E-state index is 0.0448. The molecule has 7 heteroatoms. The van der Waals surface area contributed by atoms with Crippen molar-refractivity contribution in [1.29, 1.82) is 0 Å². The number of piperazine rings is 1. The van der Waals surface area contributed by atoms with Gasteiger partial charge < -0.3 is 15.1 Å². The molecule has 2 amide bonds. The number of likely N-dealkylation sites (N-methyl/N-ethyl adjacent to an activating group) is 1. The Morgan fingerprint density at radius 3 is 2.38 bits per heavy atom. The van der Waals surface area contributed by atoms with Crippen molar-refractivity contribution in [2.45, 2.75) is 11.4 Å². The van der Waals surface area contributed by atoms with Crippen LogP contribution in [0.2, 0.25) is 5.02 Å². The van der Waals surface area contributed by atoms with Crippen LogP contribution >= 0.6 is 23.4 Å². The quantitative estimate of drug-likeness (QED) is 0.549. The largest absolute Gasteiger partial charge is 0.351 e. The molecule has 1 fully saturated rings. The van der Waals surface area contributed by atoms with E-state index in [0.717, 1.165) is 47.4 Å². The van der Waals surface area contributed by atoms with Crippen LogP contribution in [0, 0.1) is 0 Å². The second kappa shape index (κ2) is 10.4. The number of nitrogens with one attached hydrogen (secondary N) is 1. The molecular weight excluding hydrogens is 442 g/mol. The molecule has 3 aromatic rings. The van der Waals surface area contributed by atoms with E-state index in [-0.39, 0.29) is 11.8 Å².